The lowest BCUT2D eigenvalue weighted by molar-refractivity contribution is 0.240. The van der Waals surface area contributed by atoms with Crippen molar-refractivity contribution in [2.24, 2.45) is 5.73 Å². The van der Waals surface area contributed by atoms with Crippen LogP contribution in [0.1, 0.15) is 38.4 Å². The first-order valence-corrected chi connectivity index (χ1v) is 8.25. The van der Waals surface area contributed by atoms with Crippen molar-refractivity contribution in [2.45, 2.75) is 39.7 Å². The van der Waals surface area contributed by atoms with E-state index in [-0.39, 0.29) is 23.4 Å². The largest absolute Gasteiger partial charge is 0.439 e. The maximum absolute atomic E-state index is 12.1. The number of aryl methyl sites for hydroxylation is 1. The molecule has 0 saturated carbocycles. The number of rotatable bonds is 6. The summed E-state index contributed by atoms with van der Waals surface area (Å²) in [7, 11) is 0. The summed E-state index contributed by atoms with van der Waals surface area (Å²) in [6.45, 7) is 7.64. The van der Waals surface area contributed by atoms with Gasteiger partial charge in [-0.15, -0.1) is 0 Å². The monoisotopic (exact) mass is 356 g/mol. The molecule has 0 spiro atoms. The highest BCUT2D eigenvalue weighted by Crippen LogP contribution is 2.21. The van der Waals surface area contributed by atoms with Crippen LogP contribution in [0.4, 0.5) is 10.7 Å². The lowest BCUT2D eigenvalue weighted by Gasteiger charge is -2.24. The topological polar surface area (TPSA) is 126 Å². The number of carbonyl (C=O) groups is 1. The lowest BCUT2D eigenvalue weighted by atomic mass is 10.0. The van der Waals surface area contributed by atoms with Crippen LogP contribution in [0.25, 0.3) is 0 Å². The number of hydrogen-bond donors (Lipinski definition) is 4. The van der Waals surface area contributed by atoms with E-state index >= 15 is 0 Å². The molecule has 0 fully saturated rings. The number of amidine groups is 1. The Bertz CT molecular complexity index is 802. The van der Waals surface area contributed by atoms with Crippen LogP contribution in [0.3, 0.4) is 0 Å². The second-order valence-corrected chi connectivity index (χ2v) is 6.53. The molecule has 0 aliphatic heterocycles. The highest BCUT2D eigenvalue weighted by Gasteiger charge is 2.18. The number of nitrogens with zero attached hydrogens (tertiary/aromatic N) is 2. The van der Waals surface area contributed by atoms with Crippen molar-refractivity contribution in [1.82, 2.24) is 15.3 Å². The van der Waals surface area contributed by atoms with Gasteiger partial charge in [0.25, 0.3) is 0 Å². The third-order valence-corrected chi connectivity index (χ3v) is 3.78. The van der Waals surface area contributed by atoms with Crippen LogP contribution >= 0.6 is 0 Å². The molecule has 0 aliphatic rings. The Labute approximate surface area is 152 Å². The van der Waals surface area contributed by atoms with Crippen molar-refractivity contribution in [1.29, 1.82) is 5.41 Å². The van der Waals surface area contributed by atoms with E-state index in [1.807, 2.05) is 20.8 Å². The Morgan fingerprint density at radius 3 is 2.50 bits per heavy atom. The maximum atomic E-state index is 12.1. The molecule has 5 N–H and O–H groups in total. The van der Waals surface area contributed by atoms with Gasteiger partial charge in [0.1, 0.15) is 11.6 Å². The van der Waals surface area contributed by atoms with Crippen molar-refractivity contribution in [3.05, 3.63) is 41.6 Å². The van der Waals surface area contributed by atoms with E-state index in [1.54, 1.807) is 37.3 Å². The summed E-state index contributed by atoms with van der Waals surface area (Å²) in [4.78, 5) is 20.5. The van der Waals surface area contributed by atoms with E-state index in [2.05, 4.69) is 20.6 Å². The second-order valence-electron chi connectivity index (χ2n) is 6.53. The number of aromatic nitrogens is 2. The molecule has 2 aromatic rings. The van der Waals surface area contributed by atoms with E-state index in [0.29, 0.717) is 22.9 Å². The molecule has 1 aromatic carbocycles. The van der Waals surface area contributed by atoms with Crippen molar-refractivity contribution < 1.29 is 9.53 Å². The average molecular weight is 356 g/mol. The molecule has 0 saturated heterocycles. The number of nitrogens with two attached hydrogens (primary N) is 1. The lowest BCUT2D eigenvalue weighted by Crippen LogP contribution is -2.45. The average Bonchev–Trinajstić information content (AvgIpc) is 2.54. The second kappa shape index (κ2) is 7.81. The van der Waals surface area contributed by atoms with E-state index in [1.165, 1.54) is 0 Å². The smallest absolute Gasteiger partial charge is 0.322 e. The van der Waals surface area contributed by atoms with Crippen molar-refractivity contribution >= 4 is 17.8 Å². The quantitative estimate of drug-likeness (QED) is 0.467. The van der Waals surface area contributed by atoms with Crippen molar-refractivity contribution in [3.8, 4) is 11.6 Å². The van der Waals surface area contributed by atoms with Gasteiger partial charge in [-0.25, -0.2) is 9.78 Å². The van der Waals surface area contributed by atoms with Crippen LogP contribution in [0.5, 0.6) is 11.6 Å². The fraction of sp³-hybridized carbons (Fsp3) is 0.333. The molecule has 8 heteroatoms. The molecular weight excluding hydrogens is 332 g/mol. The number of nitrogen functional groups attached to an aromatic ring is 1. The number of anilines is 1. The first-order valence-electron chi connectivity index (χ1n) is 8.25. The highest BCUT2D eigenvalue weighted by atomic mass is 16.5. The van der Waals surface area contributed by atoms with Gasteiger partial charge in [-0.05, 0) is 51.5 Å². The van der Waals surface area contributed by atoms with Gasteiger partial charge in [0.05, 0.1) is 0 Å². The van der Waals surface area contributed by atoms with Crippen LogP contribution in [-0.2, 0) is 0 Å². The highest BCUT2D eigenvalue weighted by molar-refractivity contribution is 5.95. The Hall–Kier alpha value is -3.16. The first-order chi connectivity index (χ1) is 12.2. The molecule has 0 unspecified atom stereocenters. The standard InChI is InChI=1S/C18H24N6O2/c1-5-18(3,4)24-17(25)23-16-21-11(2)10-14(22-16)26-13-8-6-12(7-9-13)15(19)20/h6-10H,5H2,1-4H3,(H3,19,20)(H2,21,22,23,24,25). The van der Waals surface area contributed by atoms with Gasteiger partial charge in [-0.1, -0.05) is 6.92 Å². The van der Waals surface area contributed by atoms with E-state index in [0.717, 1.165) is 6.42 Å². The number of nitrogens with one attached hydrogen (secondary N) is 3. The van der Waals surface area contributed by atoms with Gasteiger partial charge in [-0.2, -0.15) is 4.98 Å². The number of amides is 2. The summed E-state index contributed by atoms with van der Waals surface area (Å²) in [5, 5.41) is 12.9. The van der Waals surface area contributed by atoms with E-state index in [9.17, 15) is 4.79 Å². The Balaban J connectivity index is 2.11. The van der Waals surface area contributed by atoms with E-state index in [4.69, 9.17) is 15.9 Å². The van der Waals surface area contributed by atoms with Crippen LogP contribution in [-0.4, -0.2) is 27.4 Å². The minimum atomic E-state index is -0.376. The summed E-state index contributed by atoms with van der Waals surface area (Å²) in [6.07, 6.45) is 0.791. The van der Waals surface area contributed by atoms with Gasteiger partial charge in [0, 0.05) is 22.9 Å². The van der Waals surface area contributed by atoms with Crippen LogP contribution < -0.4 is 21.1 Å². The molecule has 2 rings (SSSR count). The first kappa shape index (κ1) is 19.2. The zero-order valence-electron chi connectivity index (χ0n) is 15.4. The molecule has 8 nitrogen and oxygen atoms in total. The van der Waals surface area contributed by atoms with Gasteiger partial charge in [-0.3, -0.25) is 10.7 Å². The van der Waals surface area contributed by atoms with Crippen molar-refractivity contribution in [2.75, 3.05) is 5.32 Å². The van der Waals surface area contributed by atoms with Crippen molar-refractivity contribution in [3.63, 3.8) is 0 Å². The normalized spacial score (nSPS) is 10.9. The molecule has 138 valence electrons. The summed E-state index contributed by atoms with van der Waals surface area (Å²) in [5.74, 6) is 0.987. The summed E-state index contributed by atoms with van der Waals surface area (Å²) in [6, 6.07) is 8.04. The zero-order valence-corrected chi connectivity index (χ0v) is 15.4. The molecule has 0 aliphatic carbocycles. The molecule has 26 heavy (non-hydrogen) atoms. The van der Waals surface area contributed by atoms with Gasteiger partial charge in [0.15, 0.2) is 0 Å². The minimum Gasteiger partial charge on any atom is -0.439 e. The van der Waals surface area contributed by atoms with Crippen LogP contribution in [0.15, 0.2) is 30.3 Å². The number of urea groups is 1. The van der Waals surface area contributed by atoms with Crippen LogP contribution in [0.2, 0.25) is 0 Å². The zero-order chi connectivity index (χ0) is 19.3. The number of carbonyl (C=O) groups excluding carboxylic acids is 1. The fourth-order valence-corrected chi connectivity index (χ4v) is 2.00. The summed E-state index contributed by atoms with van der Waals surface area (Å²) < 4.78 is 5.70. The number of hydrogen-bond acceptors (Lipinski definition) is 5. The molecule has 1 heterocycles. The van der Waals surface area contributed by atoms with E-state index < -0.39 is 0 Å². The summed E-state index contributed by atoms with van der Waals surface area (Å²) >= 11 is 0. The maximum Gasteiger partial charge on any atom is 0.322 e. The third kappa shape index (κ3) is 5.44. The predicted octanol–water partition coefficient (Wildman–Crippen LogP) is 3.17. The Kier molecular flexibility index (Phi) is 5.76. The van der Waals surface area contributed by atoms with Gasteiger partial charge in [0.2, 0.25) is 11.8 Å². The van der Waals surface area contributed by atoms with Gasteiger partial charge < -0.3 is 15.8 Å². The molecule has 0 radical (unpaired) electrons. The van der Waals surface area contributed by atoms with Gasteiger partial charge >= 0.3 is 6.03 Å². The fourth-order valence-electron chi connectivity index (χ4n) is 2.00. The molecule has 0 bridgehead atoms. The minimum absolute atomic E-state index is 0.0121. The predicted molar refractivity (Wildman–Crippen MR) is 101 cm³/mol. The molecule has 2 amide bonds. The number of benzene rings is 1. The molecule has 0 atom stereocenters. The third-order valence-electron chi connectivity index (χ3n) is 3.78. The SMILES string of the molecule is CCC(C)(C)NC(=O)Nc1nc(C)cc(Oc2ccc(C(=N)N)cc2)n1. The number of ether oxygens (including phenoxy) is 1. The molecule has 1 aromatic heterocycles. The van der Waals surface area contributed by atoms with Crippen LogP contribution in [0, 0.1) is 12.3 Å². The Morgan fingerprint density at radius 1 is 1.27 bits per heavy atom. The Morgan fingerprint density at radius 2 is 1.92 bits per heavy atom. The molecular formula is C18H24N6O2. The summed E-state index contributed by atoms with van der Waals surface area (Å²) in [5.41, 5.74) is 6.36.